The van der Waals surface area contributed by atoms with Crippen molar-refractivity contribution in [2.45, 2.75) is 44.6 Å². The second-order valence-electron chi connectivity index (χ2n) is 6.54. The van der Waals surface area contributed by atoms with E-state index in [0.29, 0.717) is 6.54 Å². The van der Waals surface area contributed by atoms with Gasteiger partial charge in [0.05, 0.1) is 11.6 Å². The predicted molar refractivity (Wildman–Crippen MR) is 86.5 cm³/mol. The summed E-state index contributed by atoms with van der Waals surface area (Å²) in [5.74, 6) is 0.0239. The molecule has 1 aliphatic rings. The van der Waals surface area contributed by atoms with E-state index < -0.39 is 0 Å². The SMILES string of the molecule is CC1(N)CCCCC1C(=O)NCCc1cn2ccccc2n1. The molecule has 0 radical (unpaired) electrons. The van der Waals surface area contributed by atoms with Crippen LogP contribution in [0.1, 0.15) is 38.3 Å². The third-order valence-electron chi connectivity index (χ3n) is 4.67. The lowest BCUT2D eigenvalue weighted by Crippen LogP contribution is -2.53. The highest BCUT2D eigenvalue weighted by molar-refractivity contribution is 5.80. The highest BCUT2D eigenvalue weighted by Crippen LogP contribution is 2.31. The van der Waals surface area contributed by atoms with E-state index in [0.717, 1.165) is 43.4 Å². The van der Waals surface area contributed by atoms with Crippen molar-refractivity contribution in [3.8, 4) is 0 Å². The zero-order chi connectivity index (χ0) is 15.6. The minimum absolute atomic E-state index is 0.0673. The normalized spacial score (nSPS) is 25.3. The van der Waals surface area contributed by atoms with E-state index in [1.165, 1.54) is 0 Å². The van der Waals surface area contributed by atoms with E-state index in [2.05, 4.69) is 10.3 Å². The number of nitrogens with one attached hydrogen (secondary N) is 1. The van der Waals surface area contributed by atoms with Gasteiger partial charge in [0, 0.05) is 30.9 Å². The molecular formula is C17H24N4O. The van der Waals surface area contributed by atoms with Gasteiger partial charge in [0.1, 0.15) is 5.65 Å². The number of pyridine rings is 1. The molecule has 118 valence electrons. The Morgan fingerprint density at radius 1 is 1.50 bits per heavy atom. The van der Waals surface area contributed by atoms with E-state index in [9.17, 15) is 4.79 Å². The van der Waals surface area contributed by atoms with Gasteiger partial charge in [0.25, 0.3) is 0 Å². The van der Waals surface area contributed by atoms with Gasteiger partial charge in [0.15, 0.2) is 0 Å². The molecular weight excluding hydrogens is 276 g/mol. The molecule has 5 heteroatoms. The second kappa shape index (κ2) is 6.08. The van der Waals surface area contributed by atoms with Gasteiger partial charge < -0.3 is 15.5 Å². The third kappa shape index (κ3) is 3.14. The monoisotopic (exact) mass is 300 g/mol. The van der Waals surface area contributed by atoms with Crippen LogP contribution in [0.25, 0.3) is 5.65 Å². The molecule has 2 atom stereocenters. The summed E-state index contributed by atoms with van der Waals surface area (Å²) in [4.78, 5) is 16.9. The van der Waals surface area contributed by atoms with Crippen LogP contribution in [-0.2, 0) is 11.2 Å². The van der Waals surface area contributed by atoms with Gasteiger partial charge in [-0.1, -0.05) is 18.9 Å². The molecule has 5 nitrogen and oxygen atoms in total. The average molecular weight is 300 g/mol. The van der Waals surface area contributed by atoms with Gasteiger partial charge in [-0.25, -0.2) is 4.98 Å². The molecule has 3 N–H and O–H groups in total. The minimum Gasteiger partial charge on any atom is -0.355 e. The summed E-state index contributed by atoms with van der Waals surface area (Å²) in [5, 5.41) is 3.03. The van der Waals surface area contributed by atoms with Gasteiger partial charge in [-0.3, -0.25) is 4.79 Å². The number of amides is 1. The number of nitrogens with two attached hydrogens (primary N) is 1. The maximum Gasteiger partial charge on any atom is 0.224 e. The summed E-state index contributed by atoms with van der Waals surface area (Å²) in [6, 6.07) is 5.93. The fourth-order valence-corrected chi connectivity index (χ4v) is 3.33. The number of fused-ring (bicyclic) bond motifs is 1. The van der Waals surface area contributed by atoms with Crippen LogP contribution < -0.4 is 11.1 Å². The minimum atomic E-state index is -0.370. The molecule has 1 fully saturated rings. The summed E-state index contributed by atoms with van der Waals surface area (Å²) in [7, 11) is 0. The molecule has 22 heavy (non-hydrogen) atoms. The quantitative estimate of drug-likeness (QED) is 0.906. The van der Waals surface area contributed by atoms with Gasteiger partial charge >= 0.3 is 0 Å². The third-order valence-corrected chi connectivity index (χ3v) is 4.67. The Kier molecular flexibility index (Phi) is 4.16. The number of rotatable bonds is 4. The summed E-state index contributed by atoms with van der Waals surface area (Å²) in [6.45, 7) is 2.60. The number of hydrogen-bond acceptors (Lipinski definition) is 3. The highest BCUT2D eigenvalue weighted by Gasteiger charge is 2.37. The average Bonchev–Trinajstić information content (AvgIpc) is 2.89. The molecule has 2 heterocycles. The zero-order valence-corrected chi connectivity index (χ0v) is 13.1. The van der Waals surface area contributed by atoms with Crippen LogP contribution in [0, 0.1) is 5.92 Å². The number of carbonyl (C=O) groups excluding carboxylic acids is 1. The van der Waals surface area contributed by atoms with Crippen LogP contribution in [0.15, 0.2) is 30.6 Å². The van der Waals surface area contributed by atoms with Crippen molar-refractivity contribution in [1.82, 2.24) is 14.7 Å². The van der Waals surface area contributed by atoms with E-state index in [-0.39, 0.29) is 17.4 Å². The van der Waals surface area contributed by atoms with Crippen LogP contribution in [0.4, 0.5) is 0 Å². The fourth-order valence-electron chi connectivity index (χ4n) is 3.33. The van der Waals surface area contributed by atoms with Crippen molar-refractivity contribution in [1.29, 1.82) is 0 Å². The first-order valence-corrected chi connectivity index (χ1v) is 8.05. The van der Waals surface area contributed by atoms with E-state index >= 15 is 0 Å². The lowest BCUT2D eigenvalue weighted by Gasteiger charge is -2.37. The summed E-state index contributed by atoms with van der Waals surface area (Å²) < 4.78 is 2.00. The van der Waals surface area contributed by atoms with Crippen molar-refractivity contribution in [2.24, 2.45) is 11.7 Å². The zero-order valence-electron chi connectivity index (χ0n) is 13.1. The second-order valence-corrected chi connectivity index (χ2v) is 6.54. The molecule has 0 saturated heterocycles. The van der Waals surface area contributed by atoms with Crippen molar-refractivity contribution in [3.63, 3.8) is 0 Å². The topological polar surface area (TPSA) is 72.4 Å². The van der Waals surface area contributed by atoms with Crippen LogP contribution in [0.3, 0.4) is 0 Å². The Hall–Kier alpha value is -1.88. The number of imidazole rings is 1. The van der Waals surface area contributed by atoms with Gasteiger partial charge in [-0.15, -0.1) is 0 Å². The Bertz CT molecular complexity index is 628. The van der Waals surface area contributed by atoms with Crippen molar-refractivity contribution < 1.29 is 4.79 Å². The number of aromatic nitrogens is 2. The van der Waals surface area contributed by atoms with Gasteiger partial charge in [-0.2, -0.15) is 0 Å². The number of hydrogen-bond donors (Lipinski definition) is 2. The number of carbonyl (C=O) groups is 1. The molecule has 1 amide bonds. The van der Waals surface area contributed by atoms with Crippen LogP contribution >= 0.6 is 0 Å². The van der Waals surface area contributed by atoms with Crippen molar-refractivity contribution >= 4 is 11.6 Å². The van der Waals surface area contributed by atoms with Gasteiger partial charge in [0.2, 0.25) is 5.91 Å². The Labute approximate surface area is 130 Å². The van der Waals surface area contributed by atoms with E-state index in [1.54, 1.807) is 0 Å². The molecule has 1 saturated carbocycles. The first-order chi connectivity index (χ1) is 10.6. The Morgan fingerprint density at radius 2 is 2.36 bits per heavy atom. The molecule has 3 rings (SSSR count). The summed E-state index contributed by atoms with van der Waals surface area (Å²) >= 11 is 0. The largest absolute Gasteiger partial charge is 0.355 e. The van der Waals surface area contributed by atoms with Crippen LogP contribution in [0.5, 0.6) is 0 Å². The van der Waals surface area contributed by atoms with Crippen molar-refractivity contribution in [2.75, 3.05) is 6.54 Å². The highest BCUT2D eigenvalue weighted by atomic mass is 16.1. The standard InChI is InChI=1S/C17H24N4O/c1-17(18)9-4-2-6-14(17)16(22)19-10-8-13-12-21-11-5-3-7-15(21)20-13/h3,5,7,11-12,14H,2,4,6,8-10,18H2,1H3,(H,19,22). The number of nitrogens with zero attached hydrogens (tertiary/aromatic N) is 2. The lowest BCUT2D eigenvalue weighted by atomic mass is 9.74. The van der Waals surface area contributed by atoms with Gasteiger partial charge in [-0.05, 0) is 31.9 Å². The van der Waals surface area contributed by atoms with Crippen molar-refractivity contribution in [3.05, 3.63) is 36.3 Å². The maximum atomic E-state index is 12.4. The molecule has 2 unspecified atom stereocenters. The fraction of sp³-hybridized carbons (Fsp3) is 0.529. The molecule has 0 bridgehead atoms. The summed E-state index contributed by atoms with van der Waals surface area (Å²) in [6.07, 6.45) is 8.77. The van der Waals surface area contributed by atoms with E-state index in [4.69, 9.17) is 5.73 Å². The molecule has 0 spiro atoms. The smallest absolute Gasteiger partial charge is 0.224 e. The summed E-state index contributed by atoms with van der Waals surface area (Å²) in [5.41, 5.74) is 7.84. The molecule has 2 aromatic heterocycles. The molecule has 0 aliphatic heterocycles. The Balaban J connectivity index is 1.55. The van der Waals surface area contributed by atoms with Crippen LogP contribution in [-0.4, -0.2) is 27.4 Å². The maximum absolute atomic E-state index is 12.4. The molecule has 0 aromatic carbocycles. The Morgan fingerprint density at radius 3 is 3.14 bits per heavy atom. The lowest BCUT2D eigenvalue weighted by molar-refractivity contribution is -0.128. The van der Waals surface area contributed by atoms with E-state index in [1.807, 2.05) is 41.9 Å². The predicted octanol–water partition coefficient (Wildman–Crippen LogP) is 1.90. The first-order valence-electron chi connectivity index (χ1n) is 8.05. The molecule has 2 aromatic rings. The first kappa shape index (κ1) is 15.0. The molecule has 1 aliphatic carbocycles. The van der Waals surface area contributed by atoms with Crippen LogP contribution in [0.2, 0.25) is 0 Å².